The van der Waals surface area contributed by atoms with Crippen LogP contribution in [0.25, 0.3) is 0 Å². The van der Waals surface area contributed by atoms with Crippen LogP contribution in [0.4, 0.5) is 0 Å². The van der Waals surface area contributed by atoms with Crippen molar-refractivity contribution < 1.29 is 38.1 Å². The number of esters is 3. The molecule has 2 aromatic rings. The number of benzene rings is 2. The van der Waals surface area contributed by atoms with E-state index < -0.39 is 36.2 Å². The Hall–Kier alpha value is -3.20. The molecule has 1 heterocycles. The first-order valence-corrected chi connectivity index (χ1v) is 11.8. The maximum Gasteiger partial charge on any atom is 0.347 e. The fourth-order valence-corrected chi connectivity index (χ4v) is 6.34. The SMILES string of the molecule is COc1ccccc1C(=O)Oc1ccc(C(=O)COC(=O)[C@@H]2[C@H]3C[C@H]4[C@H](OC(=O)[C@@H]42)[C@H]3Br)cc1. The molecule has 6 atom stereocenters. The molecule has 0 N–H and O–H groups in total. The van der Waals surface area contributed by atoms with Crippen LogP contribution in [-0.4, -0.2) is 48.3 Å². The zero-order valence-corrected chi connectivity index (χ0v) is 19.7. The minimum absolute atomic E-state index is 0.0289. The summed E-state index contributed by atoms with van der Waals surface area (Å²) in [7, 11) is 1.46. The van der Waals surface area contributed by atoms with Gasteiger partial charge in [-0.05, 0) is 48.7 Å². The number of ketones is 1. The molecule has 34 heavy (non-hydrogen) atoms. The third-order valence-electron chi connectivity index (χ3n) is 6.85. The normalized spacial score (nSPS) is 28.4. The number of carbonyl (C=O) groups is 4. The fourth-order valence-electron chi connectivity index (χ4n) is 5.29. The summed E-state index contributed by atoms with van der Waals surface area (Å²) >= 11 is 3.55. The number of alkyl halides is 1. The number of hydrogen-bond acceptors (Lipinski definition) is 8. The lowest BCUT2D eigenvalue weighted by molar-refractivity contribution is -0.154. The van der Waals surface area contributed by atoms with Crippen molar-refractivity contribution in [2.45, 2.75) is 17.4 Å². The van der Waals surface area contributed by atoms with Crippen LogP contribution in [0.3, 0.4) is 0 Å². The van der Waals surface area contributed by atoms with Gasteiger partial charge in [0.2, 0.25) is 0 Å². The summed E-state index contributed by atoms with van der Waals surface area (Å²) in [5, 5.41) is 0. The molecule has 0 amide bonds. The van der Waals surface area contributed by atoms with E-state index in [9.17, 15) is 19.2 Å². The highest BCUT2D eigenvalue weighted by Crippen LogP contribution is 2.60. The summed E-state index contributed by atoms with van der Waals surface area (Å²) in [6, 6.07) is 12.7. The van der Waals surface area contributed by atoms with Crippen molar-refractivity contribution in [3.05, 3.63) is 59.7 Å². The fraction of sp³-hybridized carbons (Fsp3) is 0.360. The Balaban J connectivity index is 1.18. The monoisotopic (exact) mass is 528 g/mol. The van der Waals surface area contributed by atoms with Crippen molar-refractivity contribution in [2.75, 3.05) is 13.7 Å². The lowest BCUT2D eigenvalue weighted by Gasteiger charge is -2.26. The third kappa shape index (κ3) is 3.77. The Morgan fingerprint density at radius 2 is 1.79 bits per heavy atom. The standard InChI is InChI=1S/C25H21BrO8/c1-31-18-5-3-2-4-14(18)23(28)33-13-8-6-12(7-9-13)17(27)11-32-24(29)19-15-10-16-20(19)25(30)34-22(16)21(15)26/h2-9,15-16,19-22H,10-11H2,1H3/t15-,16-,19-,20+,21+,22+/m1/s1. The van der Waals surface area contributed by atoms with Gasteiger partial charge in [0.05, 0.1) is 23.8 Å². The quantitative estimate of drug-likeness (QED) is 0.233. The van der Waals surface area contributed by atoms with Gasteiger partial charge in [0, 0.05) is 11.5 Å². The van der Waals surface area contributed by atoms with E-state index in [0.29, 0.717) is 11.3 Å². The van der Waals surface area contributed by atoms with Crippen LogP contribution in [0.2, 0.25) is 0 Å². The molecular weight excluding hydrogens is 508 g/mol. The highest BCUT2D eigenvalue weighted by atomic mass is 79.9. The zero-order valence-electron chi connectivity index (χ0n) is 18.1. The molecule has 8 nitrogen and oxygen atoms in total. The van der Waals surface area contributed by atoms with Crippen LogP contribution in [0.15, 0.2) is 48.5 Å². The Bertz CT molecular complexity index is 1160. The molecule has 0 unspecified atom stereocenters. The molecule has 1 aliphatic heterocycles. The van der Waals surface area contributed by atoms with Crippen LogP contribution < -0.4 is 9.47 Å². The molecule has 2 aliphatic carbocycles. The number of ether oxygens (including phenoxy) is 4. The molecule has 2 saturated carbocycles. The number of fused-ring (bicyclic) bond motifs is 1. The van der Waals surface area contributed by atoms with Gasteiger partial charge in [-0.15, -0.1) is 0 Å². The smallest absolute Gasteiger partial charge is 0.347 e. The molecule has 0 aromatic heterocycles. The van der Waals surface area contributed by atoms with E-state index in [-0.39, 0.29) is 40.0 Å². The van der Waals surface area contributed by atoms with Gasteiger partial charge in [0.25, 0.3) is 0 Å². The second-order valence-corrected chi connectivity index (χ2v) is 9.66. The summed E-state index contributed by atoms with van der Waals surface area (Å²) in [6.07, 6.45) is 0.559. The molecule has 3 aliphatic rings. The van der Waals surface area contributed by atoms with Gasteiger partial charge in [-0.3, -0.25) is 14.4 Å². The Labute approximate surface area is 203 Å². The minimum Gasteiger partial charge on any atom is -0.496 e. The van der Waals surface area contributed by atoms with Crippen molar-refractivity contribution in [1.29, 1.82) is 0 Å². The Kier molecular flexibility index (Phi) is 5.89. The Morgan fingerprint density at radius 3 is 2.53 bits per heavy atom. The van der Waals surface area contributed by atoms with Gasteiger partial charge in [-0.2, -0.15) is 0 Å². The predicted octanol–water partition coefficient (Wildman–Crippen LogP) is 3.21. The third-order valence-corrected chi connectivity index (χ3v) is 8.05. The summed E-state index contributed by atoms with van der Waals surface area (Å²) in [5.74, 6) is -2.33. The molecule has 0 radical (unpaired) electrons. The van der Waals surface area contributed by atoms with Gasteiger partial charge in [-0.1, -0.05) is 28.1 Å². The van der Waals surface area contributed by atoms with E-state index >= 15 is 0 Å². The summed E-state index contributed by atoms with van der Waals surface area (Å²) in [6.45, 7) is -0.439. The molecule has 2 aromatic carbocycles. The maximum absolute atomic E-state index is 12.7. The van der Waals surface area contributed by atoms with Crippen LogP contribution in [0, 0.1) is 23.7 Å². The first-order chi connectivity index (χ1) is 16.4. The Morgan fingerprint density at radius 1 is 1.06 bits per heavy atom. The van der Waals surface area contributed by atoms with Crippen molar-refractivity contribution in [3.63, 3.8) is 0 Å². The molecule has 5 rings (SSSR count). The highest BCUT2D eigenvalue weighted by Gasteiger charge is 2.68. The minimum atomic E-state index is -0.592. The molecule has 176 valence electrons. The number of hydrogen-bond donors (Lipinski definition) is 0. The van der Waals surface area contributed by atoms with Gasteiger partial charge in [-0.25, -0.2) is 4.79 Å². The zero-order chi connectivity index (χ0) is 24.0. The van der Waals surface area contributed by atoms with Crippen molar-refractivity contribution in [1.82, 2.24) is 0 Å². The summed E-state index contributed by atoms with van der Waals surface area (Å²) < 4.78 is 21.2. The topological polar surface area (TPSA) is 105 Å². The van der Waals surface area contributed by atoms with Crippen molar-refractivity contribution >= 4 is 39.6 Å². The molecule has 9 heteroatoms. The number of para-hydroxylation sites is 1. The van der Waals surface area contributed by atoms with E-state index in [1.54, 1.807) is 24.3 Å². The van der Waals surface area contributed by atoms with E-state index in [4.69, 9.17) is 18.9 Å². The van der Waals surface area contributed by atoms with Crippen LogP contribution in [0.5, 0.6) is 11.5 Å². The maximum atomic E-state index is 12.7. The highest BCUT2D eigenvalue weighted by molar-refractivity contribution is 9.09. The molecule has 2 bridgehead atoms. The van der Waals surface area contributed by atoms with Gasteiger partial charge in [0.1, 0.15) is 23.2 Å². The van der Waals surface area contributed by atoms with E-state index in [0.717, 1.165) is 6.42 Å². The average Bonchev–Trinajstić information content (AvgIpc) is 3.47. The lowest BCUT2D eigenvalue weighted by Crippen LogP contribution is -2.39. The van der Waals surface area contributed by atoms with Crippen LogP contribution >= 0.6 is 15.9 Å². The van der Waals surface area contributed by atoms with Crippen molar-refractivity contribution in [3.8, 4) is 11.5 Å². The second kappa shape index (κ2) is 8.87. The molecular formula is C25H21BrO8. The molecule has 1 saturated heterocycles. The van der Waals surface area contributed by atoms with Crippen molar-refractivity contribution in [2.24, 2.45) is 23.7 Å². The number of Topliss-reactive ketones (excluding diaryl/α,β-unsaturated/α-hetero) is 1. The molecule has 0 spiro atoms. The number of carbonyl (C=O) groups excluding carboxylic acids is 4. The van der Waals surface area contributed by atoms with E-state index in [1.165, 1.54) is 31.4 Å². The van der Waals surface area contributed by atoms with Crippen LogP contribution in [0.1, 0.15) is 27.1 Å². The average molecular weight is 529 g/mol. The van der Waals surface area contributed by atoms with Crippen LogP contribution in [-0.2, 0) is 19.1 Å². The largest absolute Gasteiger partial charge is 0.496 e. The summed E-state index contributed by atoms with van der Waals surface area (Å²) in [5.41, 5.74) is 0.581. The first kappa shape index (κ1) is 22.6. The predicted molar refractivity (Wildman–Crippen MR) is 121 cm³/mol. The lowest BCUT2D eigenvalue weighted by atomic mass is 9.80. The molecule has 3 fully saturated rings. The second-order valence-electron chi connectivity index (χ2n) is 8.61. The number of rotatable bonds is 7. The van der Waals surface area contributed by atoms with Gasteiger partial charge >= 0.3 is 17.9 Å². The number of halogens is 1. The summed E-state index contributed by atoms with van der Waals surface area (Å²) in [4.78, 5) is 49.8. The van der Waals surface area contributed by atoms with Gasteiger partial charge in [0.15, 0.2) is 12.4 Å². The van der Waals surface area contributed by atoms with E-state index in [2.05, 4.69) is 15.9 Å². The first-order valence-electron chi connectivity index (χ1n) is 10.9. The number of methoxy groups -OCH3 is 1. The van der Waals surface area contributed by atoms with E-state index in [1.807, 2.05) is 0 Å². The van der Waals surface area contributed by atoms with Gasteiger partial charge < -0.3 is 18.9 Å².